The lowest BCUT2D eigenvalue weighted by molar-refractivity contribution is -0.0307. The molecule has 7 heteroatoms. The summed E-state index contributed by atoms with van der Waals surface area (Å²) in [5.74, 6) is 0.901. The standard InChI is InChI=1S/C22H32N2O2S.2ClH/c1-26-17-5-6-21-18(13-17)19(15-27-21)20(24-11-7-16(23)8-12-24)14-22(25)9-3-2-4-10-22;;/h5-6,13,15-16,20,25H,2-4,7-12,14,23H2,1H3;2*1H. The van der Waals surface area contributed by atoms with Crippen LogP contribution in [0.15, 0.2) is 23.6 Å². The summed E-state index contributed by atoms with van der Waals surface area (Å²) in [6, 6.07) is 6.92. The van der Waals surface area contributed by atoms with Crippen molar-refractivity contribution in [1.29, 1.82) is 0 Å². The maximum atomic E-state index is 11.3. The van der Waals surface area contributed by atoms with E-state index in [-0.39, 0.29) is 30.9 Å². The third-order valence-corrected chi connectivity index (χ3v) is 7.52. The highest BCUT2D eigenvalue weighted by Crippen LogP contribution is 2.43. The topological polar surface area (TPSA) is 58.7 Å². The highest BCUT2D eigenvalue weighted by atomic mass is 35.5. The second-order valence-electron chi connectivity index (χ2n) is 8.43. The Labute approximate surface area is 190 Å². The van der Waals surface area contributed by atoms with E-state index in [0.29, 0.717) is 6.04 Å². The molecule has 4 nitrogen and oxygen atoms in total. The number of methoxy groups -OCH3 is 1. The molecule has 29 heavy (non-hydrogen) atoms. The van der Waals surface area contributed by atoms with Gasteiger partial charge in [-0.25, -0.2) is 0 Å². The Hall–Kier alpha value is -0.560. The molecule has 2 aliphatic rings. The van der Waals surface area contributed by atoms with Crippen molar-refractivity contribution in [3.05, 3.63) is 29.1 Å². The Kier molecular flexibility index (Phi) is 9.07. The fourth-order valence-corrected chi connectivity index (χ4v) is 5.84. The van der Waals surface area contributed by atoms with Gasteiger partial charge in [0, 0.05) is 35.3 Å². The summed E-state index contributed by atoms with van der Waals surface area (Å²) in [4.78, 5) is 2.57. The predicted molar refractivity (Wildman–Crippen MR) is 127 cm³/mol. The quantitative estimate of drug-likeness (QED) is 0.634. The highest BCUT2D eigenvalue weighted by Gasteiger charge is 2.36. The molecule has 1 saturated carbocycles. The summed E-state index contributed by atoms with van der Waals surface area (Å²) in [5.41, 5.74) is 6.98. The molecule has 2 fully saturated rings. The van der Waals surface area contributed by atoms with Crippen molar-refractivity contribution >= 4 is 46.2 Å². The summed E-state index contributed by atoms with van der Waals surface area (Å²) in [6.45, 7) is 2.03. The first-order chi connectivity index (χ1) is 13.1. The van der Waals surface area contributed by atoms with Gasteiger partial charge in [0.2, 0.25) is 0 Å². The molecule has 0 bridgehead atoms. The van der Waals surface area contributed by atoms with E-state index in [2.05, 4.69) is 22.4 Å². The van der Waals surface area contributed by atoms with Crippen molar-refractivity contribution in [2.24, 2.45) is 5.73 Å². The van der Waals surface area contributed by atoms with Crippen LogP contribution >= 0.6 is 36.2 Å². The molecule has 1 unspecified atom stereocenters. The number of aliphatic hydroxyl groups is 1. The van der Waals surface area contributed by atoms with E-state index < -0.39 is 5.60 Å². The number of rotatable bonds is 5. The molecule has 1 aliphatic heterocycles. The molecule has 1 aromatic carbocycles. The van der Waals surface area contributed by atoms with Gasteiger partial charge in [0.1, 0.15) is 5.75 Å². The molecule has 0 radical (unpaired) electrons. The van der Waals surface area contributed by atoms with E-state index in [1.807, 2.05) is 6.07 Å². The second-order valence-corrected chi connectivity index (χ2v) is 9.34. The number of nitrogens with two attached hydrogens (primary N) is 1. The highest BCUT2D eigenvalue weighted by molar-refractivity contribution is 7.17. The van der Waals surface area contributed by atoms with E-state index in [1.54, 1.807) is 18.4 Å². The number of hydrogen-bond donors (Lipinski definition) is 2. The van der Waals surface area contributed by atoms with Crippen LogP contribution in [0.1, 0.15) is 63.0 Å². The molecule has 1 aliphatic carbocycles. The largest absolute Gasteiger partial charge is 0.497 e. The molecule has 1 aromatic heterocycles. The van der Waals surface area contributed by atoms with Crippen molar-refractivity contribution in [3.8, 4) is 5.75 Å². The number of thiophene rings is 1. The van der Waals surface area contributed by atoms with E-state index in [1.165, 1.54) is 22.1 Å². The fourth-order valence-electron chi connectivity index (χ4n) is 4.85. The second kappa shape index (κ2) is 10.7. The smallest absolute Gasteiger partial charge is 0.119 e. The van der Waals surface area contributed by atoms with Gasteiger partial charge in [-0.1, -0.05) is 19.3 Å². The van der Waals surface area contributed by atoms with Crippen LogP contribution in [-0.4, -0.2) is 41.8 Å². The lowest BCUT2D eigenvalue weighted by Gasteiger charge is -2.42. The molecule has 1 atom stereocenters. The van der Waals surface area contributed by atoms with Crippen LogP contribution in [0.3, 0.4) is 0 Å². The van der Waals surface area contributed by atoms with E-state index in [9.17, 15) is 5.11 Å². The molecule has 1 saturated heterocycles. The lowest BCUT2D eigenvalue weighted by atomic mass is 9.78. The van der Waals surface area contributed by atoms with Gasteiger partial charge in [0.15, 0.2) is 0 Å². The van der Waals surface area contributed by atoms with Crippen LogP contribution in [0.2, 0.25) is 0 Å². The third kappa shape index (κ3) is 5.57. The molecule has 0 amide bonds. The van der Waals surface area contributed by atoms with E-state index >= 15 is 0 Å². The van der Waals surface area contributed by atoms with Gasteiger partial charge in [-0.2, -0.15) is 0 Å². The number of ether oxygens (including phenoxy) is 1. The predicted octanol–water partition coefficient (Wildman–Crippen LogP) is 5.30. The number of fused-ring (bicyclic) bond motifs is 1. The van der Waals surface area contributed by atoms with Crippen molar-refractivity contribution < 1.29 is 9.84 Å². The van der Waals surface area contributed by atoms with Crippen LogP contribution in [-0.2, 0) is 0 Å². The van der Waals surface area contributed by atoms with Crippen LogP contribution in [0, 0.1) is 0 Å². The normalized spacial score (nSPS) is 21.2. The van der Waals surface area contributed by atoms with Gasteiger partial charge >= 0.3 is 0 Å². The zero-order chi connectivity index (χ0) is 18.9. The minimum atomic E-state index is -0.532. The lowest BCUT2D eigenvalue weighted by Crippen LogP contribution is -2.44. The summed E-state index contributed by atoms with van der Waals surface area (Å²) in [6.07, 6.45) is 8.32. The number of hydrogen-bond acceptors (Lipinski definition) is 5. The van der Waals surface area contributed by atoms with E-state index in [4.69, 9.17) is 10.5 Å². The van der Waals surface area contributed by atoms with Crippen molar-refractivity contribution in [1.82, 2.24) is 4.90 Å². The summed E-state index contributed by atoms with van der Waals surface area (Å²) in [7, 11) is 1.72. The van der Waals surface area contributed by atoms with Crippen LogP contribution in [0.25, 0.3) is 10.1 Å². The van der Waals surface area contributed by atoms with Crippen LogP contribution in [0.4, 0.5) is 0 Å². The first-order valence-corrected chi connectivity index (χ1v) is 11.2. The minimum Gasteiger partial charge on any atom is -0.497 e. The average molecular weight is 461 g/mol. The van der Waals surface area contributed by atoms with Crippen molar-refractivity contribution in [3.63, 3.8) is 0 Å². The van der Waals surface area contributed by atoms with Crippen LogP contribution < -0.4 is 10.5 Å². The maximum absolute atomic E-state index is 11.3. The molecule has 0 spiro atoms. The van der Waals surface area contributed by atoms with Gasteiger partial charge in [-0.3, -0.25) is 4.90 Å². The summed E-state index contributed by atoms with van der Waals surface area (Å²) in [5, 5.41) is 14.9. The average Bonchev–Trinajstić information content (AvgIpc) is 3.10. The Morgan fingerprint density at radius 2 is 1.90 bits per heavy atom. The summed E-state index contributed by atoms with van der Waals surface area (Å²) < 4.78 is 6.77. The van der Waals surface area contributed by atoms with Crippen molar-refractivity contribution in [2.45, 2.75) is 69.1 Å². The van der Waals surface area contributed by atoms with Gasteiger partial charge < -0.3 is 15.6 Å². The maximum Gasteiger partial charge on any atom is 0.119 e. The summed E-state index contributed by atoms with van der Waals surface area (Å²) >= 11 is 1.80. The Balaban J connectivity index is 0.00000150. The molecular formula is C22H34Cl2N2O2S. The molecule has 2 aromatic rings. The molecule has 164 valence electrons. The van der Waals surface area contributed by atoms with Gasteiger partial charge in [0.25, 0.3) is 0 Å². The Morgan fingerprint density at radius 1 is 1.21 bits per heavy atom. The first kappa shape index (κ1) is 24.7. The third-order valence-electron chi connectivity index (χ3n) is 6.54. The SMILES string of the molecule is COc1ccc2scc(C(CC3(O)CCCCC3)N3CCC(N)CC3)c2c1.Cl.Cl. The molecule has 2 heterocycles. The first-order valence-electron chi connectivity index (χ1n) is 10.4. The number of likely N-dealkylation sites (tertiary alicyclic amines) is 1. The number of halogens is 2. The van der Waals surface area contributed by atoms with E-state index in [0.717, 1.165) is 63.8 Å². The Morgan fingerprint density at radius 3 is 2.55 bits per heavy atom. The zero-order valence-corrected chi connectivity index (χ0v) is 19.6. The van der Waals surface area contributed by atoms with Gasteiger partial charge in [-0.15, -0.1) is 36.2 Å². The minimum absolute atomic E-state index is 0. The fraction of sp³-hybridized carbons (Fsp3) is 0.636. The zero-order valence-electron chi connectivity index (χ0n) is 17.1. The van der Waals surface area contributed by atoms with Gasteiger partial charge in [-0.05, 0) is 61.2 Å². The number of benzene rings is 1. The number of piperidine rings is 1. The van der Waals surface area contributed by atoms with Gasteiger partial charge in [0.05, 0.1) is 12.7 Å². The molecule has 3 N–H and O–H groups in total. The monoisotopic (exact) mass is 460 g/mol. The number of nitrogens with zero attached hydrogens (tertiary/aromatic N) is 1. The van der Waals surface area contributed by atoms with Crippen molar-refractivity contribution in [2.75, 3.05) is 20.2 Å². The van der Waals surface area contributed by atoms with Crippen LogP contribution in [0.5, 0.6) is 5.75 Å². The molecular weight excluding hydrogens is 427 g/mol. The molecule has 4 rings (SSSR count). The Bertz CT molecular complexity index is 771.